The van der Waals surface area contributed by atoms with E-state index in [1.165, 1.54) is 0 Å². The fourth-order valence-electron chi connectivity index (χ4n) is 1.76. The van der Waals surface area contributed by atoms with Crippen molar-refractivity contribution >= 4 is 11.6 Å². The molecule has 0 bridgehead atoms. The Balaban J connectivity index is 2.29. The molecule has 0 amide bonds. The zero-order valence-corrected chi connectivity index (χ0v) is 7.96. The average molecular weight is 198 g/mol. The van der Waals surface area contributed by atoms with E-state index in [1.54, 1.807) is 0 Å². The van der Waals surface area contributed by atoms with Crippen LogP contribution in [0.3, 0.4) is 0 Å². The standard InChI is InChI=1S/C10H12ClNO/c11-9-4-2-1-3-7(9)8-5-12-6-10(8)13/h1-4,8,10,12-13H,5-6H2. The van der Waals surface area contributed by atoms with E-state index in [0.29, 0.717) is 6.54 Å². The number of hydrogen-bond donors (Lipinski definition) is 2. The number of halogens is 1. The van der Waals surface area contributed by atoms with Crippen LogP contribution >= 0.6 is 11.6 Å². The topological polar surface area (TPSA) is 32.3 Å². The van der Waals surface area contributed by atoms with Crippen LogP contribution in [0.25, 0.3) is 0 Å². The maximum Gasteiger partial charge on any atom is 0.0745 e. The Bertz CT molecular complexity index is 303. The van der Waals surface area contributed by atoms with Gasteiger partial charge in [-0.15, -0.1) is 0 Å². The number of nitrogens with one attached hydrogen (secondary N) is 1. The van der Waals surface area contributed by atoms with Gasteiger partial charge in [0, 0.05) is 24.0 Å². The lowest BCUT2D eigenvalue weighted by molar-refractivity contribution is 0.178. The molecule has 3 heteroatoms. The van der Waals surface area contributed by atoms with Gasteiger partial charge >= 0.3 is 0 Å². The van der Waals surface area contributed by atoms with Crippen molar-refractivity contribution in [3.63, 3.8) is 0 Å². The first-order valence-corrected chi connectivity index (χ1v) is 4.80. The molecule has 2 unspecified atom stereocenters. The summed E-state index contributed by atoms with van der Waals surface area (Å²) < 4.78 is 0. The Labute approximate surface area is 82.5 Å². The predicted molar refractivity (Wildman–Crippen MR) is 53.1 cm³/mol. The van der Waals surface area contributed by atoms with Crippen molar-refractivity contribution in [2.24, 2.45) is 0 Å². The first-order valence-electron chi connectivity index (χ1n) is 4.42. The fraction of sp³-hybridized carbons (Fsp3) is 0.400. The quantitative estimate of drug-likeness (QED) is 0.713. The minimum absolute atomic E-state index is 0.147. The third kappa shape index (κ3) is 1.70. The van der Waals surface area contributed by atoms with Crippen LogP contribution in [0.1, 0.15) is 11.5 Å². The molecule has 0 aromatic heterocycles. The highest BCUT2D eigenvalue weighted by Gasteiger charge is 2.27. The molecular weight excluding hydrogens is 186 g/mol. The Morgan fingerprint density at radius 1 is 1.31 bits per heavy atom. The number of hydrogen-bond acceptors (Lipinski definition) is 2. The Kier molecular flexibility index (Phi) is 2.54. The van der Waals surface area contributed by atoms with Crippen molar-refractivity contribution in [2.45, 2.75) is 12.0 Å². The number of aliphatic hydroxyl groups is 1. The van der Waals surface area contributed by atoms with Crippen LogP contribution in [0.15, 0.2) is 24.3 Å². The lowest BCUT2D eigenvalue weighted by Gasteiger charge is -2.14. The van der Waals surface area contributed by atoms with Gasteiger partial charge in [0.2, 0.25) is 0 Å². The number of rotatable bonds is 1. The summed E-state index contributed by atoms with van der Waals surface area (Å²) in [6.07, 6.45) is -0.306. The molecule has 13 heavy (non-hydrogen) atoms. The predicted octanol–water partition coefficient (Wildman–Crippen LogP) is 1.39. The highest BCUT2D eigenvalue weighted by molar-refractivity contribution is 6.31. The monoisotopic (exact) mass is 197 g/mol. The molecule has 0 spiro atoms. The van der Waals surface area contributed by atoms with E-state index in [9.17, 15) is 5.11 Å². The second-order valence-electron chi connectivity index (χ2n) is 3.35. The van der Waals surface area contributed by atoms with Gasteiger partial charge < -0.3 is 10.4 Å². The molecule has 2 atom stereocenters. The summed E-state index contributed by atoms with van der Waals surface area (Å²) in [4.78, 5) is 0. The highest BCUT2D eigenvalue weighted by Crippen LogP contribution is 2.28. The molecule has 1 aromatic carbocycles. The van der Waals surface area contributed by atoms with E-state index in [-0.39, 0.29) is 12.0 Å². The van der Waals surface area contributed by atoms with Crippen LogP contribution in [0, 0.1) is 0 Å². The Morgan fingerprint density at radius 2 is 2.08 bits per heavy atom. The van der Waals surface area contributed by atoms with Crippen molar-refractivity contribution in [2.75, 3.05) is 13.1 Å². The summed E-state index contributed by atoms with van der Waals surface area (Å²) in [6.45, 7) is 1.47. The second-order valence-corrected chi connectivity index (χ2v) is 3.76. The van der Waals surface area contributed by atoms with E-state index in [1.807, 2.05) is 24.3 Å². The summed E-state index contributed by atoms with van der Waals surface area (Å²) in [5.74, 6) is 0.147. The molecule has 70 valence electrons. The average Bonchev–Trinajstić information content (AvgIpc) is 2.52. The molecule has 0 aliphatic carbocycles. The van der Waals surface area contributed by atoms with Gasteiger partial charge in [0.05, 0.1) is 6.10 Å². The lowest BCUT2D eigenvalue weighted by Crippen LogP contribution is -2.16. The van der Waals surface area contributed by atoms with Crippen LogP contribution < -0.4 is 5.32 Å². The van der Waals surface area contributed by atoms with Gasteiger partial charge in [-0.25, -0.2) is 0 Å². The molecular formula is C10H12ClNO. The number of β-amino-alcohol motifs (C(OH)–C–C–N with tert-alkyl or cyclic N) is 1. The molecule has 1 heterocycles. The molecule has 2 rings (SSSR count). The minimum Gasteiger partial charge on any atom is -0.391 e. The van der Waals surface area contributed by atoms with E-state index >= 15 is 0 Å². The van der Waals surface area contributed by atoms with Crippen molar-refractivity contribution in [3.05, 3.63) is 34.9 Å². The molecule has 1 aliphatic heterocycles. The Hall–Kier alpha value is -0.570. The summed E-state index contributed by atoms with van der Waals surface area (Å²) in [5, 5.41) is 13.5. The van der Waals surface area contributed by atoms with Crippen molar-refractivity contribution in [1.82, 2.24) is 5.32 Å². The van der Waals surface area contributed by atoms with Gasteiger partial charge in [-0.3, -0.25) is 0 Å². The third-order valence-electron chi connectivity index (χ3n) is 2.49. The van der Waals surface area contributed by atoms with E-state index < -0.39 is 0 Å². The molecule has 2 nitrogen and oxygen atoms in total. The summed E-state index contributed by atoms with van der Waals surface area (Å²) in [7, 11) is 0. The molecule has 1 aliphatic rings. The third-order valence-corrected chi connectivity index (χ3v) is 2.83. The molecule has 1 saturated heterocycles. The summed E-state index contributed by atoms with van der Waals surface area (Å²) in [5.41, 5.74) is 1.04. The van der Waals surface area contributed by atoms with Gasteiger partial charge in [0.15, 0.2) is 0 Å². The normalized spacial score (nSPS) is 27.8. The van der Waals surface area contributed by atoms with Crippen LogP contribution in [0.2, 0.25) is 5.02 Å². The summed E-state index contributed by atoms with van der Waals surface area (Å²) in [6, 6.07) is 7.69. The highest BCUT2D eigenvalue weighted by atomic mass is 35.5. The molecule has 0 radical (unpaired) electrons. The molecule has 0 saturated carbocycles. The molecule has 1 aromatic rings. The Morgan fingerprint density at radius 3 is 2.69 bits per heavy atom. The van der Waals surface area contributed by atoms with Gasteiger partial charge in [0.25, 0.3) is 0 Å². The van der Waals surface area contributed by atoms with Gasteiger partial charge in [-0.05, 0) is 11.6 Å². The zero-order valence-electron chi connectivity index (χ0n) is 7.20. The first kappa shape index (κ1) is 9.00. The fourth-order valence-corrected chi connectivity index (χ4v) is 2.03. The van der Waals surface area contributed by atoms with Crippen LogP contribution in [-0.4, -0.2) is 24.3 Å². The van der Waals surface area contributed by atoms with E-state index in [4.69, 9.17) is 11.6 Å². The molecule has 1 fully saturated rings. The van der Waals surface area contributed by atoms with Crippen LogP contribution in [-0.2, 0) is 0 Å². The first-order chi connectivity index (χ1) is 6.29. The van der Waals surface area contributed by atoms with Gasteiger partial charge in [-0.2, -0.15) is 0 Å². The smallest absolute Gasteiger partial charge is 0.0745 e. The maximum atomic E-state index is 9.65. The number of aliphatic hydroxyl groups excluding tert-OH is 1. The summed E-state index contributed by atoms with van der Waals surface area (Å²) >= 11 is 6.03. The van der Waals surface area contributed by atoms with E-state index in [2.05, 4.69) is 5.32 Å². The van der Waals surface area contributed by atoms with Crippen LogP contribution in [0.5, 0.6) is 0 Å². The van der Waals surface area contributed by atoms with Crippen molar-refractivity contribution in [3.8, 4) is 0 Å². The SMILES string of the molecule is OC1CNCC1c1ccccc1Cl. The number of benzene rings is 1. The van der Waals surface area contributed by atoms with E-state index in [0.717, 1.165) is 17.1 Å². The largest absolute Gasteiger partial charge is 0.391 e. The second kappa shape index (κ2) is 3.66. The van der Waals surface area contributed by atoms with Crippen molar-refractivity contribution in [1.29, 1.82) is 0 Å². The lowest BCUT2D eigenvalue weighted by atomic mass is 9.96. The maximum absolute atomic E-state index is 9.65. The molecule has 2 N–H and O–H groups in total. The minimum atomic E-state index is -0.306. The zero-order chi connectivity index (χ0) is 9.26. The van der Waals surface area contributed by atoms with Gasteiger partial charge in [0.1, 0.15) is 0 Å². The van der Waals surface area contributed by atoms with Crippen LogP contribution in [0.4, 0.5) is 0 Å². The van der Waals surface area contributed by atoms with Gasteiger partial charge in [-0.1, -0.05) is 29.8 Å². The van der Waals surface area contributed by atoms with Crippen molar-refractivity contribution < 1.29 is 5.11 Å².